The summed E-state index contributed by atoms with van der Waals surface area (Å²) >= 11 is 0. The summed E-state index contributed by atoms with van der Waals surface area (Å²) in [4.78, 5) is 4.86. The number of fused-ring (bicyclic) bond motifs is 1. The van der Waals surface area contributed by atoms with E-state index in [1.165, 1.54) is 22.2 Å². The molecule has 0 fully saturated rings. The third kappa shape index (κ3) is 2.80. The van der Waals surface area contributed by atoms with Crippen molar-refractivity contribution in [2.75, 3.05) is 0 Å². The van der Waals surface area contributed by atoms with E-state index in [4.69, 9.17) is 4.98 Å². The highest BCUT2D eigenvalue weighted by molar-refractivity contribution is 5.84. The monoisotopic (exact) mass is 255 g/mol. The fourth-order valence-corrected chi connectivity index (χ4v) is 2.34. The van der Waals surface area contributed by atoms with Crippen LogP contribution in [0.3, 0.4) is 0 Å². The van der Waals surface area contributed by atoms with Crippen LogP contribution in [0, 0.1) is 6.92 Å². The van der Waals surface area contributed by atoms with Gasteiger partial charge in [-0.15, -0.1) is 0 Å². The molecule has 0 saturated heterocycles. The van der Waals surface area contributed by atoms with Crippen LogP contribution in [0.1, 0.15) is 58.4 Å². The SMILES string of the molecule is Cc1ccc2nc(C(C)(C)C)cc(C(C)(C)C)c2c1. The van der Waals surface area contributed by atoms with Crippen LogP contribution in [0.4, 0.5) is 0 Å². The fraction of sp³-hybridized carbons (Fsp3) is 0.500. The van der Waals surface area contributed by atoms with Crippen molar-refractivity contribution in [1.29, 1.82) is 0 Å². The first-order valence-corrected chi connectivity index (χ1v) is 7.01. The summed E-state index contributed by atoms with van der Waals surface area (Å²) in [6.07, 6.45) is 0. The summed E-state index contributed by atoms with van der Waals surface area (Å²) in [7, 11) is 0. The largest absolute Gasteiger partial charge is 0.252 e. The van der Waals surface area contributed by atoms with Crippen LogP contribution in [-0.4, -0.2) is 4.98 Å². The molecule has 1 aromatic carbocycles. The molecule has 0 aliphatic heterocycles. The maximum Gasteiger partial charge on any atom is 0.0708 e. The number of hydrogen-bond donors (Lipinski definition) is 0. The molecule has 1 heteroatoms. The lowest BCUT2D eigenvalue weighted by Crippen LogP contribution is -2.18. The lowest BCUT2D eigenvalue weighted by molar-refractivity contribution is 0.558. The van der Waals surface area contributed by atoms with Crippen molar-refractivity contribution in [3.8, 4) is 0 Å². The highest BCUT2D eigenvalue weighted by atomic mass is 14.7. The van der Waals surface area contributed by atoms with E-state index < -0.39 is 0 Å². The number of aromatic nitrogens is 1. The maximum absolute atomic E-state index is 4.86. The van der Waals surface area contributed by atoms with Gasteiger partial charge in [0.25, 0.3) is 0 Å². The molecule has 0 saturated carbocycles. The molecule has 0 N–H and O–H groups in total. The highest BCUT2D eigenvalue weighted by Gasteiger charge is 2.23. The van der Waals surface area contributed by atoms with Gasteiger partial charge in [-0.2, -0.15) is 0 Å². The van der Waals surface area contributed by atoms with Gasteiger partial charge >= 0.3 is 0 Å². The van der Waals surface area contributed by atoms with Crippen LogP contribution >= 0.6 is 0 Å². The van der Waals surface area contributed by atoms with Crippen molar-refractivity contribution in [2.45, 2.75) is 59.3 Å². The molecule has 102 valence electrons. The molecule has 0 spiro atoms. The van der Waals surface area contributed by atoms with Gasteiger partial charge in [0.15, 0.2) is 0 Å². The summed E-state index contributed by atoms with van der Waals surface area (Å²) in [5, 5.41) is 1.29. The maximum atomic E-state index is 4.86. The first-order valence-electron chi connectivity index (χ1n) is 7.01. The topological polar surface area (TPSA) is 12.9 Å². The number of pyridine rings is 1. The summed E-state index contributed by atoms with van der Waals surface area (Å²) < 4.78 is 0. The fourth-order valence-electron chi connectivity index (χ4n) is 2.34. The quantitative estimate of drug-likeness (QED) is 0.635. The molecule has 2 aromatic rings. The molecule has 0 amide bonds. The van der Waals surface area contributed by atoms with Crippen LogP contribution in [-0.2, 0) is 10.8 Å². The zero-order chi connectivity index (χ0) is 14.4. The van der Waals surface area contributed by atoms with Gasteiger partial charge in [0.1, 0.15) is 0 Å². The van der Waals surface area contributed by atoms with E-state index in [-0.39, 0.29) is 10.8 Å². The molecule has 0 radical (unpaired) electrons. The Morgan fingerprint density at radius 1 is 0.842 bits per heavy atom. The number of nitrogens with zero attached hydrogens (tertiary/aromatic N) is 1. The van der Waals surface area contributed by atoms with Crippen molar-refractivity contribution >= 4 is 10.9 Å². The molecule has 0 bridgehead atoms. The lowest BCUT2D eigenvalue weighted by Gasteiger charge is -2.26. The van der Waals surface area contributed by atoms with Crippen molar-refractivity contribution in [3.05, 3.63) is 41.1 Å². The van der Waals surface area contributed by atoms with Gasteiger partial charge in [0.05, 0.1) is 5.52 Å². The van der Waals surface area contributed by atoms with E-state index in [0.29, 0.717) is 0 Å². The van der Waals surface area contributed by atoms with Gasteiger partial charge in [-0.25, -0.2) is 0 Å². The summed E-state index contributed by atoms with van der Waals surface area (Å²) in [6.45, 7) is 15.6. The van der Waals surface area contributed by atoms with Crippen molar-refractivity contribution in [2.24, 2.45) is 0 Å². The molecular formula is C18H25N. The Morgan fingerprint density at radius 2 is 1.47 bits per heavy atom. The number of aryl methyl sites for hydroxylation is 1. The minimum atomic E-state index is 0.0824. The predicted octanol–water partition coefficient (Wildman–Crippen LogP) is 5.14. The van der Waals surface area contributed by atoms with Crippen LogP contribution < -0.4 is 0 Å². The average molecular weight is 255 g/mol. The number of rotatable bonds is 0. The van der Waals surface area contributed by atoms with E-state index in [1.54, 1.807) is 0 Å². The molecule has 2 rings (SSSR count). The Morgan fingerprint density at radius 3 is 2.00 bits per heavy atom. The average Bonchev–Trinajstić information content (AvgIpc) is 2.24. The van der Waals surface area contributed by atoms with Crippen LogP contribution in [0.15, 0.2) is 24.3 Å². The van der Waals surface area contributed by atoms with Gasteiger partial charge in [-0.1, -0.05) is 53.2 Å². The molecule has 19 heavy (non-hydrogen) atoms. The zero-order valence-electron chi connectivity index (χ0n) is 13.3. The minimum Gasteiger partial charge on any atom is -0.252 e. The first-order chi connectivity index (χ1) is 8.59. The van der Waals surface area contributed by atoms with E-state index in [2.05, 4.69) is 72.7 Å². The van der Waals surface area contributed by atoms with Crippen LogP contribution in [0.5, 0.6) is 0 Å². The second-order valence-corrected chi connectivity index (χ2v) is 7.58. The van der Waals surface area contributed by atoms with E-state index in [9.17, 15) is 0 Å². The van der Waals surface area contributed by atoms with Gasteiger partial charge in [-0.05, 0) is 36.1 Å². The molecule has 0 unspecified atom stereocenters. The standard InChI is InChI=1S/C18H25N/c1-12-8-9-15-13(10-12)14(17(2,3)4)11-16(19-15)18(5,6)7/h8-11H,1-7H3. The summed E-state index contributed by atoms with van der Waals surface area (Å²) in [5.74, 6) is 0. The van der Waals surface area contributed by atoms with E-state index >= 15 is 0 Å². The summed E-state index contributed by atoms with van der Waals surface area (Å²) in [6, 6.07) is 8.85. The zero-order valence-corrected chi connectivity index (χ0v) is 13.3. The second-order valence-electron chi connectivity index (χ2n) is 7.58. The van der Waals surface area contributed by atoms with E-state index in [0.717, 1.165) is 5.52 Å². The lowest BCUT2D eigenvalue weighted by atomic mass is 9.81. The number of hydrogen-bond acceptors (Lipinski definition) is 1. The van der Waals surface area contributed by atoms with Gasteiger partial charge in [-0.3, -0.25) is 4.98 Å². The Labute approximate surface area is 117 Å². The second kappa shape index (κ2) is 4.33. The van der Waals surface area contributed by atoms with Crippen molar-refractivity contribution in [1.82, 2.24) is 4.98 Å². The Hall–Kier alpha value is -1.37. The van der Waals surface area contributed by atoms with Crippen LogP contribution in [0.25, 0.3) is 10.9 Å². The molecule has 0 aliphatic rings. The molecule has 0 aliphatic carbocycles. The third-order valence-electron chi connectivity index (χ3n) is 3.54. The van der Waals surface area contributed by atoms with Gasteiger partial charge in [0, 0.05) is 16.5 Å². The first kappa shape index (κ1) is 14.0. The molecule has 1 nitrogen and oxygen atoms in total. The molecule has 0 atom stereocenters. The molecule has 1 aromatic heterocycles. The van der Waals surface area contributed by atoms with Gasteiger partial charge in [0.2, 0.25) is 0 Å². The van der Waals surface area contributed by atoms with Crippen molar-refractivity contribution in [3.63, 3.8) is 0 Å². The van der Waals surface area contributed by atoms with Gasteiger partial charge < -0.3 is 0 Å². The Balaban J connectivity index is 2.85. The number of benzene rings is 1. The highest BCUT2D eigenvalue weighted by Crippen LogP contribution is 2.33. The smallest absolute Gasteiger partial charge is 0.0708 e. The molecular weight excluding hydrogens is 230 g/mol. The Bertz CT molecular complexity index is 610. The third-order valence-corrected chi connectivity index (χ3v) is 3.54. The molecule has 1 heterocycles. The van der Waals surface area contributed by atoms with Crippen LogP contribution in [0.2, 0.25) is 0 Å². The van der Waals surface area contributed by atoms with E-state index in [1.807, 2.05) is 0 Å². The minimum absolute atomic E-state index is 0.0824. The predicted molar refractivity (Wildman–Crippen MR) is 83.9 cm³/mol. The Kier molecular flexibility index (Phi) is 3.20. The van der Waals surface area contributed by atoms with Crippen molar-refractivity contribution < 1.29 is 0 Å². The normalized spacial score (nSPS) is 13.0. The summed E-state index contributed by atoms with van der Waals surface area (Å²) in [5.41, 5.74) is 5.19.